The molecular formula is C20H16O2. The average molecular weight is 288 g/mol. The highest BCUT2D eigenvalue weighted by molar-refractivity contribution is 5.93. The lowest BCUT2D eigenvalue weighted by atomic mass is 10.0. The van der Waals surface area contributed by atoms with E-state index < -0.39 is 0 Å². The summed E-state index contributed by atoms with van der Waals surface area (Å²) < 4.78 is 5.63. The summed E-state index contributed by atoms with van der Waals surface area (Å²) in [6.45, 7) is 1.90. The van der Waals surface area contributed by atoms with E-state index in [1.54, 1.807) is 6.07 Å². The van der Waals surface area contributed by atoms with Crippen molar-refractivity contribution in [3.05, 3.63) is 90.0 Å². The van der Waals surface area contributed by atoms with Crippen molar-refractivity contribution in [2.45, 2.75) is 6.92 Å². The van der Waals surface area contributed by atoms with E-state index in [0.29, 0.717) is 11.3 Å². The second-order valence-corrected chi connectivity index (χ2v) is 5.07. The standard InChI is InChI=1S/C20H16O2/c1-15-9-5-6-12-17(15)20(21)22-19-14-8-7-13-18(19)16-10-3-2-4-11-16/h2-14H,1H3. The number of hydrogen-bond donors (Lipinski definition) is 0. The molecule has 0 saturated heterocycles. The summed E-state index contributed by atoms with van der Waals surface area (Å²) >= 11 is 0. The lowest BCUT2D eigenvalue weighted by Gasteiger charge is -2.11. The Morgan fingerprint density at radius 2 is 1.41 bits per heavy atom. The molecule has 0 spiro atoms. The summed E-state index contributed by atoms with van der Waals surface area (Å²) in [7, 11) is 0. The number of aryl methyl sites for hydroxylation is 1. The zero-order valence-corrected chi connectivity index (χ0v) is 12.3. The second kappa shape index (κ2) is 6.27. The SMILES string of the molecule is Cc1ccccc1C(=O)Oc1ccccc1-c1ccccc1. The maximum atomic E-state index is 12.4. The van der Waals surface area contributed by atoms with Gasteiger partial charge >= 0.3 is 5.97 Å². The first kappa shape index (κ1) is 14.1. The van der Waals surface area contributed by atoms with Crippen molar-refractivity contribution in [1.82, 2.24) is 0 Å². The molecule has 0 N–H and O–H groups in total. The van der Waals surface area contributed by atoms with E-state index in [1.807, 2.05) is 79.7 Å². The van der Waals surface area contributed by atoms with Crippen molar-refractivity contribution in [1.29, 1.82) is 0 Å². The van der Waals surface area contributed by atoms with E-state index in [-0.39, 0.29) is 5.97 Å². The van der Waals surface area contributed by atoms with Crippen molar-refractivity contribution in [3.63, 3.8) is 0 Å². The number of ether oxygens (including phenoxy) is 1. The Labute approximate surface area is 130 Å². The molecule has 2 heteroatoms. The first-order valence-electron chi connectivity index (χ1n) is 7.18. The van der Waals surface area contributed by atoms with E-state index in [9.17, 15) is 4.79 Å². The zero-order chi connectivity index (χ0) is 15.4. The van der Waals surface area contributed by atoms with Crippen LogP contribution in [-0.4, -0.2) is 5.97 Å². The molecular weight excluding hydrogens is 272 g/mol. The first-order valence-corrected chi connectivity index (χ1v) is 7.18. The highest BCUT2D eigenvalue weighted by Crippen LogP contribution is 2.30. The number of rotatable bonds is 3. The lowest BCUT2D eigenvalue weighted by Crippen LogP contribution is -2.10. The third-order valence-corrected chi connectivity index (χ3v) is 3.54. The molecule has 0 saturated carbocycles. The molecule has 0 atom stereocenters. The van der Waals surface area contributed by atoms with E-state index >= 15 is 0 Å². The minimum atomic E-state index is -0.332. The molecule has 0 aliphatic carbocycles. The van der Waals surface area contributed by atoms with Crippen LogP contribution in [0.3, 0.4) is 0 Å². The molecule has 3 aromatic rings. The Kier molecular flexibility index (Phi) is 4.01. The van der Waals surface area contributed by atoms with Crippen LogP contribution in [0.1, 0.15) is 15.9 Å². The van der Waals surface area contributed by atoms with Gasteiger partial charge in [-0.15, -0.1) is 0 Å². The molecule has 0 aromatic heterocycles. The van der Waals surface area contributed by atoms with Crippen molar-refractivity contribution in [3.8, 4) is 16.9 Å². The smallest absolute Gasteiger partial charge is 0.343 e. The van der Waals surface area contributed by atoms with Crippen LogP contribution in [0.4, 0.5) is 0 Å². The molecule has 108 valence electrons. The number of carbonyl (C=O) groups excluding carboxylic acids is 1. The highest BCUT2D eigenvalue weighted by Gasteiger charge is 2.13. The van der Waals surface area contributed by atoms with E-state index in [1.165, 1.54) is 0 Å². The summed E-state index contributed by atoms with van der Waals surface area (Å²) in [5.74, 6) is 0.239. The Morgan fingerprint density at radius 3 is 2.18 bits per heavy atom. The van der Waals surface area contributed by atoms with Crippen LogP contribution in [-0.2, 0) is 0 Å². The van der Waals surface area contributed by atoms with Crippen molar-refractivity contribution >= 4 is 5.97 Å². The predicted molar refractivity (Wildman–Crippen MR) is 88.0 cm³/mol. The molecule has 0 heterocycles. The number of para-hydroxylation sites is 1. The molecule has 0 unspecified atom stereocenters. The van der Waals surface area contributed by atoms with Gasteiger partial charge in [0.2, 0.25) is 0 Å². The minimum absolute atomic E-state index is 0.332. The summed E-state index contributed by atoms with van der Waals surface area (Å²) in [5.41, 5.74) is 3.43. The van der Waals surface area contributed by atoms with Gasteiger partial charge in [0.25, 0.3) is 0 Å². The zero-order valence-electron chi connectivity index (χ0n) is 12.3. The Hall–Kier alpha value is -2.87. The molecule has 0 bridgehead atoms. The van der Waals surface area contributed by atoms with Crippen LogP contribution in [0.15, 0.2) is 78.9 Å². The fourth-order valence-electron chi connectivity index (χ4n) is 2.37. The van der Waals surface area contributed by atoms with Gasteiger partial charge in [-0.25, -0.2) is 4.79 Å². The number of benzene rings is 3. The third kappa shape index (κ3) is 2.91. The van der Waals surface area contributed by atoms with Gasteiger partial charge in [0.15, 0.2) is 0 Å². The van der Waals surface area contributed by atoms with Gasteiger partial charge in [0.1, 0.15) is 5.75 Å². The van der Waals surface area contributed by atoms with E-state index in [4.69, 9.17) is 4.74 Å². The Morgan fingerprint density at radius 1 is 0.773 bits per heavy atom. The first-order chi connectivity index (χ1) is 10.8. The Bertz CT molecular complexity index is 792. The molecule has 0 aliphatic heterocycles. The van der Waals surface area contributed by atoms with Crippen LogP contribution in [0.5, 0.6) is 5.75 Å². The van der Waals surface area contributed by atoms with E-state index in [0.717, 1.165) is 16.7 Å². The van der Waals surface area contributed by atoms with Crippen LogP contribution in [0, 0.1) is 6.92 Å². The molecule has 0 radical (unpaired) electrons. The van der Waals surface area contributed by atoms with Crippen LogP contribution >= 0.6 is 0 Å². The maximum absolute atomic E-state index is 12.4. The van der Waals surface area contributed by atoms with Gasteiger partial charge in [0, 0.05) is 5.56 Å². The monoisotopic (exact) mass is 288 g/mol. The van der Waals surface area contributed by atoms with E-state index in [2.05, 4.69) is 0 Å². The van der Waals surface area contributed by atoms with Crippen LogP contribution < -0.4 is 4.74 Å². The summed E-state index contributed by atoms with van der Waals surface area (Å²) in [6.07, 6.45) is 0. The topological polar surface area (TPSA) is 26.3 Å². The normalized spacial score (nSPS) is 10.2. The summed E-state index contributed by atoms with van der Waals surface area (Å²) in [5, 5.41) is 0. The lowest BCUT2D eigenvalue weighted by molar-refractivity contribution is 0.0735. The molecule has 0 aliphatic rings. The molecule has 3 rings (SSSR count). The predicted octanol–water partition coefficient (Wildman–Crippen LogP) is 4.88. The van der Waals surface area contributed by atoms with Crippen molar-refractivity contribution < 1.29 is 9.53 Å². The molecule has 3 aromatic carbocycles. The minimum Gasteiger partial charge on any atom is -0.422 e. The second-order valence-electron chi connectivity index (χ2n) is 5.07. The number of esters is 1. The van der Waals surface area contributed by atoms with Gasteiger partial charge in [-0.2, -0.15) is 0 Å². The van der Waals surface area contributed by atoms with Crippen molar-refractivity contribution in [2.75, 3.05) is 0 Å². The molecule has 0 amide bonds. The molecule has 22 heavy (non-hydrogen) atoms. The van der Waals surface area contributed by atoms with Crippen LogP contribution in [0.25, 0.3) is 11.1 Å². The van der Waals surface area contributed by atoms with Gasteiger partial charge in [-0.1, -0.05) is 66.7 Å². The third-order valence-electron chi connectivity index (χ3n) is 3.54. The summed E-state index contributed by atoms with van der Waals surface area (Å²) in [6, 6.07) is 24.9. The number of carbonyl (C=O) groups is 1. The number of hydrogen-bond acceptors (Lipinski definition) is 2. The summed E-state index contributed by atoms with van der Waals surface area (Å²) in [4.78, 5) is 12.4. The fourth-order valence-corrected chi connectivity index (χ4v) is 2.37. The molecule has 0 fully saturated rings. The Balaban J connectivity index is 1.94. The molecule has 2 nitrogen and oxygen atoms in total. The fraction of sp³-hybridized carbons (Fsp3) is 0.0500. The van der Waals surface area contributed by atoms with Gasteiger partial charge in [-0.05, 0) is 30.2 Å². The quantitative estimate of drug-likeness (QED) is 0.507. The maximum Gasteiger partial charge on any atom is 0.343 e. The average Bonchev–Trinajstić information content (AvgIpc) is 2.56. The largest absolute Gasteiger partial charge is 0.422 e. The van der Waals surface area contributed by atoms with Gasteiger partial charge < -0.3 is 4.74 Å². The van der Waals surface area contributed by atoms with Crippen molar-refractivity contribution in [2.24, 2.45) is 0 Å². The van der Waals surface area contributed by atoms with Gasteiger partial charge in [0.05, 0.1) is 5.56 Å². The highest BCUT2D eigenvalue weighted by atomic mass is 16.5. The van der Waals surface area contributed by atoms with Crippen LogP contribution in [0.2, 0.25) is 0 Å². The van der Waals surface area contributed by atoms with Gasteiger partial charge in [-0.3, -0.25) is 0 Å².